The smallest absolute Gasteiger partial charge is 0.330 e. The molecule has 1 fully saturated rings. The van der Waals surface area contributed by atoms with Crippen molar-refractivity contribution >= 4 is 23.6 Å². The van der Waals surface area contributed by atoms with E-state index in [1.165, 1.54) is 0 Å². The first-order valence-corrected chi connectivity index (χ1v) is 6.01. The highest BCUT2D eigenvalue weighted by molar-refractivity contribution is 6.01. The Morgan fingerprint density at radius 2 is 1.72 bits per heavy atom. The van der Waals surface area contributed by atoms with E-state index in [1.54, 1.807) is 13.8 Å². The van der Waals surface area contributed by atoms with E-state index in [1.807, 2.05) is 0 Å². The van der Waals surface area contributed by atoms with E-state index in [9.17, 15) is 19.2 Å². The quantitative estimate of drug-likeness (QED) is 0.661. The van der Waals surface area contributed by atoms with Gasteiger partial charge >= 0.3 is 5.97 Å². The van der Waals surface area contributed by atoms with Crippen LogP contribution in [0.25, 0.3) is 0 Å². The van der Waals surface area contributed by atoms with Gasteiger partial charge in [-0.2, -0.15) is 0 Å². The first-order valence-electron chi connectivity index (χ1n) is 6.01. The molecule has 6 heteroatoms. The lowest BCUT2D eigenvalue weighted by molar-refractivity contribution is -0.197. The number of amides is 2. The number of ketones is 1. The predicted molar refractivity (Wildman–Crippen MR) is 60.9 cm³/mol. The highest BCUT2D eigenvalue weighted by Gasteiger charge is 2.32. The van der Waals surface area contributed by atoms with Crippen molar-refractivity contribution in [1.82, 2.24) is 5.06 Å². The van der Waals surface area contributed by atoms with Crippen LogP contribution in [0, 0.1) is 5.92 Å². The van der Waals surface area contributed by atoms with Crippen molar-refractivity contribution < 1.29 is 24.0 Å². The first-order chi connectivity index (χ1) is 8.41. The van der Waals surface area contributed by atoms with Crippen molar-refractivity contribution in [3.05, 3.63) is 0 Å². The molecule has 0 aromatic carbocycles. The summed E-state index contributed by atoms with van der Waals surface area (Å²) in [5, 5.41) is 0.520. The van der Waals surface area contributed by atoms with Crippen molar-refractivity contribution in [3.63, 3.8) is 0 Å². The lowest BCUT2D eigenvalue weighted by atomic mass is 10.0. The molecule has 0 spiro atoms. The zero-order valence-electron chi connectivity index (χ0n) is 10.6. The fraction of sp³-hybridized carbons (Fsp3) is 0.667. The van der Waals surface area contributed by atoms with Gasteiger partial charge in [-0.05, 0) is 6.42 Å². The maximum atomic E-state index is 11.4. The van der Waals surface area contributed by atoms with Gasteiger partial charge in [-0.25, -0.2) is 4.79 Å². The zero-order valence-corrected chi connectivity index (χ0v) is 10.6. The summed E-state index contributed by atoms with van der Waals surface area (Å²) in [6.07, 6.45) is 0.853. The van der Waals surface area contributed by atoms with Crippen LogP contribution < -0.4 is 0 Å². The molecule has 0 aliphatic carbocycles. The molecule has 1 aliphatic heterocycles. The van der Waals surface area contributed by atoms with Crippen LogP contribution in [0.3, 0.4) is 0 Å². The molecule has 0 N–H and O–H groups in total. The second kappa shape index (κ2) is 6.28. The summed E-state index contributed by atoms with van der Waals surface area (Å²) >= 11 is 0. The maximum Gasteiger partial charge on any atom is 0.333 e. The number of hydrogen-bond donors (Lipinski definition) is 0. The Hall–Kier alpha value is -1.72. The molecule has 1 aliphatic rings. The Bertz CT molecular complexity index is 359. The lowest BCUT2D eigenvalue weighted by Crippen LogP contribution is -2.32. The number of imide groups is 1. The summed E-state index contributed by atoms with van der Waals surface area (Å²) in [6, 6.07) is 0. The molecular weight excluding hydrogens is 238 g/mol. The number of hydroxylamine groups is 2. The lowest BCUT2D eigenvalue weighted by Gasteiger charge is -2.12. The number of hydrogen-bond acceptors (Lipinski definition) is 5. The van der Waals surface area contributed by atoms with Crippen LogP contribution in [0.4, 0.5) is 0 Å². The van der Waals surface area contributed by atoms with Crippen LogP contribution in [-0.2, 0) is 24.0 Å². The molecule has 1 heterocycles. The van der Waals surface area contributed by atoms with Crippen molar-refractivity contribution in [3.8, 4) is 0 Å². The second-order valence-corrected chi connectivity index (χ2v) is 4.52. The van der Waals surface area contributed by atoms with Gasteiger partial charge in [-0.15, -0.1) is 5.06 Å². The minimum absolute atomic E-state index is 0.0233. The van der Waals surface area contributed by atoms with Gasteiger partial charge < -0.3 is 4.84 Å². The standard InChI is InChI=1S/C12H17NO5/c1-8(2)9(14)4-3-5-12(17)18-13-10(15)6-7-11(13)16/h8H,3-7H2,1-2H3. The van der Waals surface area contributed by atoms with E-state index in [0.717, 1.165) is 0 Å². The number of rotatable bonds is 6. The van der Waals surface area contributed by atoms with Crippen LogP contribution in [0.1, 0.15) is 46.0 Å². The van der Waals surface area contributed by atoms with Gasteiger partial charge in [0.05, 0.1) is 0 Å². The Morgan fingerprint density at radius 3 is 2.22 bits per heavy atom. The molecule has 2 amide bonds. The molecule has 0 atom stereocenters. The van der Waals surface area contributed by atoms with Gasteiger partial charge in [0.2, 0.25) is 0 Å². The van der Waals surface area contributed by atoms with Crippen LogP contribution >= 0.6 is 0 Å². The predicted octanol–water partition coefficient (Wildman–Crippen LogP) is 0.989. The average Bonchev–Trinajstić information content (AvgIpc) is 2.60. The summed E-state index contributed by atoms with van der Waals surface area (Å²) in [5.41, 5.74) is 0. The fourth-order valence-corrected chi connectivity index (χ4v) is 1.50. The van der Waals surface area contributed by atoms with Gasteiger partial charge in [0.1, 0.15) is 5.78 Å². The van der Waals surface area contributed by atoms with Crippen molar-refractivity contribution in [2.24, 2.45) is 5.92 Å². The third-order valence-corrected chi connectivity index (χ3v) is 2.65. The highest BCUT2D eigenvalue weighted by Crippen LogP contribution is 2.13. The van der Waals surface area contributed by atoms with Crippen LogP contribution in [0.5, 0.6) is 0 Å². The molecule has 18 heavy (non-hydrogen) atoms. The maximum absolute atomic E-state index is 11.4. The molecule has 0 bridgehead atoms. The number of carbonyl (C=O) groups is 4. The fourth-order valence-electron chi connectivity index (χ4n) is 1.50. The van der Waals surface area contributed by atoms with Crippen molar-refractivity contribution in [1.29, 1.82) is 0 Å². The number of carbonyl (C=O) groups excluding carboxylic acids is 4. The molecule has 1 rings (SSSR count). The Balaban J connectivity index is 2.28. The van der Waals surface area contributed by atoms with Gasteiger partial charge in [0, 0.05) is 31.6 Å². The molecule has 0 unspecified atom stereocenters. The highest BCUT2D eigenvalue weighted by atomic mass is 16.7. The van der Waals surface area contributed by atoms with Gasteiger partial charge in [-0.3, -0.25) is 14.4 Å². The molecule has 0 aromatic heterocycles. The molecule has 100 valence electrons. The molecule has 0 radical (unpaired) electrons. The van der Waals surface area contributed by atoms with Crippen LogP contribution in [0.15, 0.2) is 0 Å². The molecule has 1 saturated heterocycles. The van der Waals surface area contributed by atoms with Gasteiger partial charge in [0.15, 0.2) is 0 Å². The third-order valence-electron chi connectivity index (χ3n) is 2.65. The van der Waals surface area contributed by atoms with E-state index < -0.39 is 17.8 Å². The Morgan fingerprint density at radius 1 is 1.17 bits per heavy atom. The van der Waals surface area contributed by atoms with E-state index in [-0.39, 0.29) is 31.0 Å². The first kappa shape index (κ1) is 14.3. The van der Waals surface area contributed by atoms with E-state index in [2.05, 4.69) is 4.84 Å². The number of nitrogens with zero attached hydrogens (tertiary/aromatic N) is 1. The van der Waals surface area contributed by atoms with Gasteiger partial charge in [-0.1, -0.05) is 13.8 Å². The molecule has 6 nitrogen and oxygen atoms in total. The van der Waals surface area contributed by atoms with Crippen LogP contribution in [-0.4, -0.2) is 28.6 Å². The minimum atomic E-state index is -0.657. The summed E-state index contributed by atoms with van der Waals surface area (Å²) in [4.78, 5) is 49.7. The zero-order chi connectivity index (χ0) is 13.7. The number of Topliss-reactive ketones (excluding diaryl/α,β-unsaturated/α-hetero) is 1. The average molecular weight is 255 g/mol. The van der Waals surface area contributed by atoms with Crippen molar-refractivity contribution in [2.75, 3.05) is 0 Å². The van der Waals surface area contributed by atoms with E-state index >= 15 is 0 Å². The summed E-state index contributed by atoms with van der Waals surface area (Å²) in [6.45, 7) is 3.59. The van der Waals surface area contributed by atoms with Crippen molar-refractivity contribution in [2.45, 2.75) is 46.0 Å². The SMILES string of the molecule is CC(C)C(=O)CCCC(=O)ON1C(=O)CCC1=O. The summed E-state index contributed by atoms with van der Waals surface area (Å²) in [7, 11) is 0. The molecular formula is C12H17NO5. The van der Waals surface area contributed by atoms with Crippen LogP contribution in [0.2, 0.25) is 0 Å². The monoisotopic (exact) mass is 255 g/mol. The Kier molecular flexibility index (Phi) is 5.00. The van der Waals surface area contributed by atoms with E-state index in [4.69, 9.17) is 0 Å². The van der Waals surface area contributed by atoms with E-state index in [0.29, 0.717) is 17.9 Å². The summed E-state index contributed by atoms with van der Waals surface area (Å²) in [5.74, 6) is -1.62. The molecule has 0 aromatic rings. The topological polar surface area (TPSA) is 80.8 Å². The van der Waals surface area contributed by atoms with Gasteiger partial charge in [0.25, 0.3) is 11.8 Å². The largest absolute Gasteiger partial charge is 0.333 e. The normalized spacial score (nSPS) is 15.4. The molecule has 0 saturated carbocycles. The third kappa shape index (κ3) is 3.94. The Labute approximate surface area is 105 Å². The minimum Gasteiger partial charge on any atom is -0.330 e. The summed E-state index contributed by atoms with van der Waals surface area (Å²) < 4.78 is 0. The second-order valence-electron chi connectivity index (χ2n) is 4.52.